The number of hydrogen-bond acceptors (Lipinski definition) is 8. The van der Waals surface area contributed by atoms with Gasteiger partial charge in [0.25, 0.3) is 5.56 Å². The highest BCUT2D eigenvalue weighted by Crippen LogP contribution is 2.20. The second kappa shape index (κ2) is 15.4. The number of benzene rings is 2. The van der Waals surface area contributed by atoms with Gasteiger partial charge in [-0.3, -0.25) is 24.0 Å². The molecule has 4 amide bonds. The lowest BCUT2D eigenvalue weighted by Gasteiger charge is -2.25. The largest absolute Gasteiger partial charge is 0.508 e. The number of aryl methyl sites for hydroxylation is 1. The van der Waals surface area contributed by atoms with E-state index in [-0.39, 0.29) is 37.3 Å². The van der Waals surface area contributed by atoms with Crippen LogP contribution in [0.4, 0.5) is 0 Å². The summed E-state index contributed by atoms with van der Waals surface area (Å²) in [6, 6.07) is 10.4. The van der Waals surface area contributed by atoms with Gasteiger partial charge in [0, 0.05) is 29.9 Å². The maximum atomic E-state index is 14.0. The number of H-pyrrole nitrogens is 2. The van der Waals surface area contributed by atoms with Crippen LogP contribution in [0.1, 0.15) is 47.5 Å². The zero-order valence-electron chi connectivity index (χ0n) is 26.6. The number of unbranched alkanes of at least 4 members (excludes halogenated alkanes) is 1. The summed E-state index contributed by atoms with van der Waals surface area (Å²) in [6.45, 7) is 1.99. The van der Waals surface area contributed by atoms with Crippen LogP contribution in [0.25, 0.3) is 10.9 Å². The number of nitrogens with two attached hydrogens (primary N) is 1. The summed E-state index contributed by atoms with van der Waals surface area (Å²) in [5.74, 6) is -2.32. The van der Waals surface area contributed by atoms with Crippen LogP contribution in [0.3, 0.4) is 0 Å². The lowest BCUT2D eigenvalue weighted by molar-refractivity contribution is -0.133. The standard InChI is InChI=1S/C34H40N8O6/c1-19-29-18-37-31(45)25(8-4-5-13-35)40-33(47)27(15-21-17-36-24-7-3-2-6-23(21)24)41-32(46)26(14-20-9-11-22(43)12-10-20)39-30(44)16-28(38-19)34(48)42-29/h2-3,6-7,9-12,17,25-27,36,43H,4-5,8,13-16,18,35H2,1H3,(H,37,45)(H,39,44)(H,40,47)(H,41,46)(H,42,48)/t25-,26-,27-/m0/s1. The number of rotatable bonds is 8. The Labute approximate surface area is 276 Å². The van der Waals surface area contributed by atoms with Crippen LogP contribution in [-0.2, 0) is 45.0 Å². The summed E-state index contributed by atoms with van der Waals surface area (Å²) in [5, 5.41) is 21.8. The normalized spacial score (nSPS) is 19.3. The minimum atomic E-state index is -1.17. The molecule has 2 aromatic carbocycles. The van der Waals surface area contributed by atoms with Crippen molar-refractivity contribution in [2.75, 3.05) is 6.54 Å². The highest BCUT2D eigenvalue weighted by molar-refractivity contribution is 5.95. The van der Waals surface area contributed by atoms with E-state index in [9.17, 15) is 29.1 Å². The molecule has 4 heterocycles. The van der Waals surface area contributed by atoms with Crippen molar-refractivity contribution >= 4 is 34.5 Å². The molecule has 0 saturated heterocycles. The molecule has 4 aromatic rings. The Morgan fingerprint density at radius 1 is 0.854 bits per heavy atom. The van der Waals surface area contributed by atoms with Gasteiger partial charge in [-0.2, -0.15) is 0 Å². The van der Waals surface area contributed by atoms with Crippen molar-refractivity contribution in [2.45, 2.75) is 70.1 Å². The fourth-order valence-electron chi connectivity index (χ4n) is 5.72. The number of carbonyl (C=O) groups is 4. The number of hydrogen-bond donors (Lipinski definition) is 8. The second-order valence-electron chi connectivity index (χ2n) is 11.9. The minimum absolute atomic E-state index is 0.0190. The van der Waals surface area contributed by atoms with Crippen LogP contribution in [0, 0.1) is 6.92 Å². The molecular weight excluding hydrogens is 616 g/mol. The summed E-state index contributed by atoms with van der Waals surface area (Å²) in [7, 11) is 0. The predicted molar refractivity (Wildman–Crippen MR) is 178 cm³/mol. The fourth-order valence-corrected chi connectivity index (χ4v) is 5.72. The SMILES string of the molecule is Cc1nc2c(=O)[nH]c1CNC(=O)[C@H](CCCCN)NC(=O)[C@H](Cc1c[nH]c3ccccc13)NC(=O)[C@H](Cc1ccc(O)cc1)NC(=O)C2. The summed E-state index contributed by atoms with van der Waals surface area (Å²) < 4.78 is 0. The first-order valence-corrected chi connectivity index (χ1v) is 15.9. The lowest BCUT2D eigenvalue weighted by Crippen LogP contribution is -2.57. The van der Waals surface area contributed by atoms with Crippen LogP contribution in [0.15, 0.2) is 59.5 Å². The highest BCUT2D eigenvalue weighted by atomic mass is 16.3. The third kappa shape index (κ3) is 8.45. The number of aromatic hydroxyl groups is 1. The third-order valence-corrected chi connectivity index (χ3v) is 8.37. The van der Waals surface area contributed by atoms with E-state index in [4.69, 9.17) is 5.73 Å². The minimum Gasteiger partial charge on any atom is -0.508 e. The fraction of sp³-hybridized carbons (Fsp3) is 0.353. The molecule has 14 nitrogen and oxygen atoms in total. The van der Waals surface area contributed by atoms with Gasteiger partial charge >= 0.3 is 0 Å². The number of carbonyl (C=O) groups excluding carboxylic acids is 4. The quantitative estimate of drug-likeness (QED) is 0.0983. The van der Waals surface area contributed by atoms with E-state index in [2.05, 4.69) is 36.2 Å². The molecule has 48 heavy (non-hydrogen) atoms. The zero-order valence-corrected chi connectivity index (χ0v) is 26.6. The van der Waals surface area contributed by atoms with Gasteiger partial charge in [0.2, 0.25) is 23.6 Å². The first-order valence-electron chi connectivity index (χ1n) is 15.9. The Morgan fingerprint density at radius 2 is 1.56 bits per heavy atom. The highest BCUT2D eigenvalue weighted by Gasteiger charge is 2.31. The molecule has 0 radical (unpaired) electrons. The Morgan fingerprint density at radius 3 is 2.31 bits per heavy atom. The van der Waals surface area contributed by atoms with Gasteiger partial charge < -0.3 is 42.1 Å². The Bertz CT molecular complexity index is 1850. The molecule has 2 aliphatic heterocycles. The molecule has 3 atom stereocenters. The van der Waals surface area contributed by atoms with Gasteiger partial charge in [0.15, 0.2) is 0 Å². The number of aromatic nitrogens is 3. The monoisotopic (exact) mass is 656 g/mol. The number of nitrogens with one attached hydrogen (secondary N) is 6. The van der Waals surface area contributed by atoms with E-state index in [0.29, 0.717) is 36.3 Å². The first-order chi connectivity index (χ1) is 23.1. The molecule has 0 fully saturated rings. The number of nitrogens with zero attached hydrogens (tertiary/aromatic N) is 1. The maximum absolute atomic E-state index is 14.0. The van der Waals surface area contributed by atoms with Crippen molar-refractivity contribution in [3.63, 3.8) is 0 Å². The number of para-hydroxylation sites is 1. The van der Waals surface area contributed by atoms with Crippen LogP contribution in [0.2, 0.25) is 0 Å². The van der Waals surface area contributed by atoms with E-state index in [1.807, 2.05) is 24.3 Å². The molecule has 2 aromatic heterocycles. The van der Waals surface area contributed by atoms with Crippen LogP contribution >= 0.6 is 0 Å². The average molecular weight is 657 g/mol. The van der Waals surface area contributed by atoms with Gasteiger partial charge in [-0.1, -0.05) is 30.3 Å². The number of phenols is 1. The number of amides is 4. The molecule has 6 rings (SSSR count). The van der Waals surface area contributed by atoms with Gasteiger partial charge in [-0.15, -0.1) is 0 Å². The Kier molecular flexibility index (Phi) is 10.9. The summed E-state index contributed by atoms with van der Waals surface area (Å²) in [5.41, 5.74) is 8.04. The number of fused-ring (bicyclic) bond motifs is 15. The molecule has 0 spiro atoms. The maximum Gasteiger partial charge on any atom is 0.270 e. The van der Waals surface area contributed by atoms with Crippen molar-refractivity contribution in [3.05, 3.63) is 93.3 Å². The van der Waals surface area contributed by atoms with Gasteiger partial charge in [0.1, 0.15) is 29.6 Å². The Balaban J connectivity index is 1.52. The lowest BCUT2D eigenvalue weighted by atomic mass is 10.0. The molecule has 14 heteroatoms. The molecule has 0 saturated carbocycles. The van der Waals surface area contributed by atoms with Crippen molar-refractivity contribution in [1.82, 2.24) is 36.2 Å². The van der Waals surface area contributed by atoms with Gasteiger partial charge in [0.05, 0.1) is 24.4 Å². The first kappa shape index (κ1) is 33.9. The number of aromatic amines is 2. The second-order valence-corrected chi connectivity index (χ2v) is 11.9. The molecule has 2 bridgehead atoms. The molecule has 9 N–H and O–H groups in total. The van der Waals surface area contributed by atoms with E-state index < -0.39 is 53.7 Å². The zero-order chi connectivity index (χ0) is 34.2. The van der Waals surface area contributed by atoms with E-state index in [1.165, 1.54) is 12.1 Å². The molecule has 2 aliphatic rings. The van der Waals surface area contributed by atoms with Crippen LogP contribution in [0.5, 0.6) is 5.75 Å². The molecular formula is C34H40N8O6. The topological polar surface area (TPSA) is 224 Å². The Hall–Kier alpha value is -5.50. The predicted octanol–water partition coefficient (Wildman–Crippen LogP) is 0.506. The number of phenolic OH excluding ortho intramolecular Hbond substituents is 1. The van der Waals surface area contributed by atoms with Gasteiger partial charge in [-0.25, -0.2) is 4.98 Å². The van der Waals surface area contributed by atoms with Crippen molar-refractivity contribution in [2.24, 2.45) is 5.73 Å². The molecule has 0 unspecified atom stereocenters. The smallest absolute Gasteiger partial charge is 0.270 e. The van der Waals surface area contributed by atoms with Crippen LogP contribution < -0.4 is 32.6 Å². The molecule has 0 aliphatic carbocycles. The van der Waals surface area contributed by atoms with E-state index in [1.54, 1.807) is 25.3 Å². The van der Waals surface area contributed by atoms with Crippen molar-refractivity contribution in [1.29, 1.82) is 0 Å². The summed E-state index contributed by atoms with van der Waals surface area (Å²) >= 11 is 0. The van der Waals surface area contributed by atoms with Crippen molar-refractivity contribution in [3.8, 4) is 5.75 Å². The van der Waals surface area contributed by atoms with Gasteiger partial charge in [-0.05, 0) is 62.1 Å². The summed E-state index contributed by atoms with van der Waals surface area (Å²) in [4.78, 5) is 77.8. The van der Waals surface area contributed by atoms with Crippen molar-refractivity contribution < 1.29 is 24.3 Å². The summed E-state index contributed by atoms with van der Waals surface area (Å²) in [6.07, 6.45) is 2.93. The third-order valence-electron chi connectivity index (χ3n) is 8.37. The molecule has 252 valence electrons. The van der Waals surface area contributed by atoms with E-state index in [0.717, 1.165) is 16.5 Å². The average Bonchev–Trinajstić information content (AvgIpc) is 3.47. The van der Waals surface area contributed by atoms with Crippen LogP contribution in [-0.4, -0.2) is 68.4 Å². The van der Waals surface area contributed by atoms with E-state index >= 15 is 0 Å².